The number of amides is 2. The minimum Gasteiger partial charge on any atom is -0.372 e. The summed E-state index contributed by atoms with van der Waals surface area (Å²) in [6.45, 7) is 7.68. The lowest BCUT2D eigenvalue weighted by Crippen LogP contribution is -2.45. The number of nitrogens with zero attached hydrogens (tertiary/aromatic N) is 2. The quantitative estimate of drug-likeness (QED) is 0.903. The zero-order valence-corrected chi connectivity index (χ0v) is 14.6. The molecule has 3 rings (SSSR count). The van der Waals surface area contributed by atoms with Gasteiger partial charge in [0.1, 0.15) is 0 Å². The van der Waals surface area contributed by atoms with Crippen LogP contribution in [0.2, 0.25) is 0 Å². The molecule has 2 amide bonds. The van der Waals surface area contributed by atoms with E-state index in [0.29, 0.717) is 0 Å². The first-order valence-electron chi connectivity index (χ1n) is 8.26. The van der Waals surface area contributed by atoms with Crippen molar-refractivity contribution >= 4 is 29.2 Å². The van der Waals surface area contributed by atoms with Crippen molar-refractivity contribution in [3.8, 4) is 0 Å². The standard InChI is InChI=1S/C17H25N3O2S/c1-13-11-20(12-14(2)22-13)16-5-3-15(4-6-16)18-17(21)19-7-9-23-10-8-19/h3-6,13-14H,7-12H2,1-2H3,(H,18,21)/t13-,14-/m1/s1. The highest BCUT2D eigenvalue weighted by Crippen LogP contribution is 2.22. The van der Waals surface area contributed by atoms with Crippen LogP contribution in [0.4, 0.5) is 16.2 Å². The van der Waals surface area contributed by atoms with Crippen LogP contribution in [0.25, 0.3) is 0 Å². The van der Waals surface area contributed by atoms with E-state index in [9.17, 15) is 4.79 Å². The Morgan fingerprint density at radius 3 is 2.35 bits per heavy atom. The van der Waals surface area contributed by atoms with E-state index in [0.717, 1.165) is 43.4 Å². The van der Waals surface area contributed by atoms with Crippen LogP contribution in [0.5, 0.6) is 0 Å². The molecule has 0 unspecified atom stereocenters. The van der Waals surface area contributed by atoms with Crippen molar-refractivity contribution in [1.29, 1.82) is 0 Å². The fourth-order valence-electron chi connectivity index (χ4n) is 3.11. The van der Waals surface area contributed by atoms with E-state index in [1.807, 2.05) is 28.8 Å². The fraction of sp³-hybridized carbons (Fsp3) is 0.588. The Morgan fingerprint density at radius 1 is 1.13 bits per heavy atom. The number of nitrogens with one attached hydrogen (secondary N) is 1. The highest BCUT2D eigenvalue weighted by molar-refractivity contribution is 7.99. The number of hydrogen-bond donors (Lipinski definition) is 1. The van der Waals surface area contributed by atoms with E-state index in [1.54, 1.807) is 0 Å². The van der Waals surface area contributed by atoms with E-state index in [2.05, 4.69) is 36.2 Å². The van der Waals surface area contributed by atoms with Crippen molar-refractivity contribution < 1.29 is 9.53 Å². The van der Waals surface area contributed by atoms with Gasteiger partial charge in [-0.05, 0) is 38.1 Å². The van der Waals surface area contributed by atoms with Crippen LogP contribution in [0.15, 0.2) is 24.3 Å². The van der Waals surface area contributed by atoms with Gasteiger partial charge in [-0.15, -0.1) is 0 Å². The molecule has 23 heavy (non-hydrogen) atoms. The number of anilines is 2. The average molecular weight is 335 g/mol. The monoisotopic (exact) mass is 335 g/mol. The van der Waals surface area contributed by atoms with E-state index >= 15 is 0 Å². The molecule has 0 radical (unpaired) electrons. The number of carbonyl (C=O) groups is 1. The van der Waals surface area contributed by atoms with Gasteiger partial charge in [0.15, 0.2) is 0 Å². The molecule has 0 saturated carbocycles. The Morgan fingerprint density at radius 2 is 1.74 bits per heavy atom. The average Bonchev–Trinajstić information content (AvgIpc) is 2.55. The molecular weight excluding hydrogens is 310 g/mol. The maximum absolute atomic E-state index is 12.2. The SMILES string of the molecule is C[C@@H]1CN(c2ccc(NC(=O)N3CCSCC3)cc2)C[C@@H](C)O1. The van der Waals surface area contributed by atoms with Crippen molar-refractivity contribution in [2.75, 3.05) is 47.9 Å². The van der Waals surface area contributed by atoms with E-state index in [-0.39, 0.29) is 18.2 Å². The predicted molar refractivity (Wildman–Crippen MR) is 96.6 cm³/mol. The predicted octanol–water partition coefficient (Wildman–Crippen LogP) is 2.88. The zero-order valence-electron chi connectivity index (χ0n) is 13.8. The van der Waals surface area contributed by atoms with E-state index in [4.69, 9.17) is 4.74 Å². The van der Waals surface area contributed by atoms with Gasteiger partial charge in [-0.1, -0.05) is 0 Å². The molecular formula is C17H25N3O2S. The largest absolute Gasteiger partial charge is 0.372 e. The number of ether oxygens (including phenoxy) is 1. The molecule has 0 aromatic heterocycles. The maximum Gasteiger partial charge on any atom is 0.321 e. The maximum atomic E-state index is 12.2. The molecule has 2 aliphatic rings. The van der Waals surface area contributed by atoms with Crippen molar-refractivity contribution in [3.63, 3.8) is 0 Å². The minimum atomic E-state index is 0.00617. The van der Waals surface area contributed by atoms with Crippen LogP contribution in [0.3, 0.4) is 0 Å². The smallest absolute Gasteiger partial charge is 0.321 e. The number of benzene rings is 1. The van der Waals surface area contributed by atoms with Gasteiger partial charge in [0, 0.05) is 49.1 Å². The van der Waals surface area contributed by atoms with Crippen LogP contribution in [0, 0.1) is 0 Å². The number of carbonyl (C=O) groups excluding carboxylic acids is 1. The van der Waals surface area contributed by atoms with Crippen LogP contribution >= 0.6 is 11.8 Å². The highest BCUT2D eigenvalue weighted by atomic mass is 32.2. The van der Waals surface area contributed by atoms with Gasteiger partial charge < -0.3 is 19.9 Å². The molecule has 2 saturated heterocycles. The summed E-state index contributed by atoms with van der Waals surface area (Å²) in [5.74, 6) is 2.06. The van der Waals surface area contributed by atoms with Crippen molar-refractivity contribution in [3.05, 3.63) is 24.3 Å². The molecule has 5 nitrogen and oxygen atoms in total. The first-order valence-corrected chi connectivity index (χ1v) is 9.41. The van der Waals surface area contributed by atoms with Crippen molar-refractivity contribution in [2.24, 2.45) is 0 Å². The summed E-state index contributed by atoms with van der Waals surface area (Å²) in [7, 11) is 0. The number of hydrogen-bond acceptors (Lipinski definition) is 4. The number of urea groups is 1. The molecule has 0 spiro atoms. The molecule has 6 heteroatoms. The molecule has 2 fully saturated rings. The van der Waals surface area contributed by atoms with Gasteiger partial charge in [0.2, 0.25) is 0 Å². The molecule has 1 aromatic carbocycles. The van der Waals surface area contributed by atoms with Crippen LogP contribution in [0.1, 0.15) is 13.8 Å². The topological polar surface area (TPSA) is 44.8 Å². The van der Waals surface area contributed by atoms with Crippen molar-refractivity contribution in [1.82, 2.24) is 4.90 Å². The highest BCUT2D eigenvalue weighted by Gasteiger charge is 2.22. The third-order valence-electron chi connectivity index (χ3n) is 4.20. The second-order valence-electron chi connectivity index (χ2n) is 6.24. The lowest BCUT2D eigenvalue weighted by atomic mass is 10.2. The third-order valence-corrected chi connectivity index (χ3v) is 5.14. The number of thioether (sulfide) groups is 1. The van der Waals surface area contributed by atoms with Crippen molar-refractivity contribution in [2.45, 2.75) is 26.1 Å². The molecule has 2 aliphatic heterocycles. The Hall–Kier alpha value is -1.40. The molecule has 2 atom stereocenters. The van der Waals surface area contributed by atoms with E-state index < -0.39 is 0 Å². The summed E-state index contributed by atoms with van der Waals surface area (Å²) in [4.78, 5) is 16.4. The minimum absolute atomic E-state index is 0.00617. The first kappa shape index (κ1) is 16.5. The summed E-state index contributed by atoms with van der Waals surface area (Å²) in [5.41, 5.74) is 2.03. The van der Waals surface area contributed by atoms with Gasteiger partial charge in [0.25, 0.3) is 0 Å². The lowest BCUT2D eigenvalue weighted by Gasteiger charge is -2.37. The van der Waals surface area contributed by atoms with Crippen LogP contribution in [-0.4, -0.2) is 60.8 Å². The second kappa shape index (κ2) is 7.45. The summed E-state index contributed by atoms with van der Waals surface area (Å²) < 4.78 is 5.78. The number of rotatable bonds is 2. The third kappa shape index (κ3) is 4.32. The summed E-state index contributed by atoms with van der Waals surface area (Å²) in [6, 6.07) is 8.12. The Labute approximate surface area is 142 Å². The summed E-state index contributed by atoms with van der Waals surface area (Å²) in [6.07, 6.45) is 0.491. The van der Waals surface area contributed by atoms with Gasteiger partial charge in [-0.25, -0.2) is 4.79 Å². The summed E-state index contributed by atoms with van der Waals surface area (Å²) >= 11 is 1.90. The molecule has 1 aromatic rings. The first-order chi connectivity index (χ1) is 11.1. The second-order valence-corrected chi connectivity index (χ2v) is 7.46. The van der Waals surface area contributed by atoms with Crippen LogP contribution in [-0.2, 0) is 4.74 Å². The number of morpholine rings is 1. The van der Waals surface area contributed by atoms with Gasteiger partial charge in [0.05, 0.1) is 12.2 Å². The van der Waals surface area contributed by atoms with Crippen LogP contribution < -0.4 is 10.2 Å². The van der Waals surface area contributed by atoms with E-state index in [1.165, 1.54) is 5.69 Å². The lowest BCUT2D eigenvalue weighted by molar-refractivity contribution is -0.00521. The Bertz CT molecular complexity index is 521. The molecule has 2 heterocycles. The zero-order chi connectivity index (χ0) is 16.2. The summed E-state index contributed by atoms with van der Waals surface area (Å²) in [5, 5.41) is 2.99. The normalized spacial score (nSPS) is 25.3. The van der Waals surface area contributed by atoms with Gasteiger partial charge >= 0.3 is 6.03 Å². The Kier molecular flexibility index (Phi) is 5.33. The Balaban J connectivity index is 1.59. The molecule has 0 aliphatic carbocycles. The van der Waals surface area contributed by atoms with Gasteiger partial charge in [-0.2, -0.15) is 11.8 Å². The molecule has 1 N–H and O–H groups in total. The molecule has 126 valence electrons. The fourth-order valence-corrected chi connectivity index (χ4v) is 4.02. The van der Waals surface area contributed by atoms with Gasteiger partial charge in [-0.3, -0.25) is 0 Å². The molecule has 0 bridgehead atoms.